The summed E-state index contributed by atoms with van der Waals surface area (Å²) >= 11 is 0.942. The molecule has 0 atom stereocenters. The highest BCUT2D eigenvalue weighted by Crippen LogP contribution is 2.23. The molecule has 2 aromatic rings. The number of aromatic carboxylic acids is 1. The van der Waals surface area contributed by atoms with Crippen LogP contribution in [0.3, 0.4) is 0 Å². The fourth-order valence-electron chi connectivity index (χ4n) is 1.44. The van der Waals surface area contributed by atoms with Crippen molar-refractivity contribution in [3.8, 4) is 0 Å². The first-order valence-corrected chi connectivity index (χ1v) is 7.50. The molecule has 0 saturated heterocycles. The van der Waals surface area contributed by atoms with Crippen LogP contribution in [0.15, 0.2) is 22.5 Å². The molecule has 20 heavy (non-hydrogen) atoms. The summed E-state index contributed by atoms with van der Waals surface area (Å²) in [6, 6.07) is 1.66. The lowest BCUT2D eigenvalue weighted by Gasteiger charge is -2.09. The smallest absolute Gasteiger partial charge is 0.335 e. The first-order valence-electron chi connectivity index (χ1n) is 5.13. The molecule has 0 amide bonds. The summed E-state index contributed by atoms with van der Waals surface area (Å²) in [6.45, 7) is 1.25. The van der Waals surface area contributed by atoms with Crippen LogP contribution in [0, 0.1) is 12.7 Å². The normalized spacial score (nSPS) is 11.3. The molecule has 1 heterocycles. The second kappa shape index (κ2) is 5.13. The van der Waals surface area contributed by atoms with E-state index in [4.69, 9.17) is 5.11 Å². The Morgan fingerprint density at radius 1 is 1.45 bits per heavy atom. The van der Waals surface area contributed by atoms with Gasteiger partial charge in [-0.15, -0.1) is 10.2 Å². The molecule has 0 spiro atoms. The number of carboxylic acid groups (broad SMARTS) is 1. The molecule has 0 aliphatic carbocycles. The molecule has 2 rings (SSSR count). The van der Waals surface area contributed by atoms with E-state index in [0.717, 1.165) is 23.5 Å². The van der Waals surface area contributed by atoms with E-state index in [0.29, 0.717) is 0 Å². The fraction of sp³-hybridized carbons (Fsp3) is 0.100. The minimum Gasteiger partial charge on any atom is -0.478 e. The van der Waals surface area contributed by atoms with Crippen molar-refractivity contribution >= 4 is 32.5 Å². The number of hydrogen-bond donors (Lipinski definition) is 2. The number of carbonyl (C=O) groups is 1. The molecule has 0 bridgehead atoms. The third-order valence-corrected chi connectivity index (χ3v) is 4.62. The summed E-state index contributed by atoms with van der Waals surface area (Å²) in [5.41, 5.74) is 0.691. The lowest BCUT2D eigenvalue weighted by molar-refractivity contribution is 0.0696. The molecule has 0 aliphatic rings. The first kappa shape index (κ1) is 14.3. The van der Waals surface area contributed by atoms with Crippen LogP contribution in [0.25, 0.3) is 0 Å². The number of carboxylic acids is 1. The van der Waals surface area contributed by atoms with Crippen molar-refractivity contribution in [1.29, 1.82) is 0 Å². The van der Waals surface area contributed by atoms with Crippen LogP contribution < -0.4 is 4.72 Å². The zero-order valence-electron chi connectivity index (χ0n) is 9.99. The summed E-state index contributed by atoms with van der Waals surface area (Å²) in [4.78, 5) is 10.4. The van der Waals surface area contributed by atoms with Crippen LogP contribution >= 0.6 is 11.3 Å². The highest BCUT2D eigenvalue weighted by Gasteiger charge is 2.23. The van der Waals surface area contributed by atoms with E-state index in [1.165, 1.54) is 12.4 Å². The van der Waals surface area contributed by atoms with Crippen molar-refractivity contribution in [2.24, 2.45) is 0 Å². The van der Waals surface area contributed by atoms with Gasteiger partial charge in [-0.25, -0.2) is 17.6 Å². The number of benzene rings is 1. The molecule has 0 fully saturated rings. The monoisotopic (exact) mass is 317 g/mol. The van der Waals surface area contributed by atoms with Gasteiger partial charge in [0, 0.05) is 5.56 Å². The van der Waals surface area contributed by atoms with Gasteiger partial charge >= 0.3 is 5.97 Å². The summed E-state index contributed by atoms with van der Waals surface area (Å²) < 4.78 is 40.0. The lowest BCUT2D eigenvalue weighted by atomic mass is 10.1. The van der Waals surface area contributed by atoms with Crippen molar-refractivity contribution in [3.05, 3.63) is 34.6 Å². The first-order chi connectivity index (χ1) is 9.31. The van der Waals surface area contributed by atoms with Crippen LogP contribution in [0.2, 0.25) is 0 Å². The van der Waals surface area contributed by atoms with E-state index in [-0.39, 0.29) is 10.7 Å². The third kappa shape index (κ3) is 2.75. The Balaban J connectivity index is 2.53. The van der Waals surface area contributed by atoms with Gasteiger partial charge in [-0.3, -0.25) is 4.72 Å². The van der Waals surface area contributed by atoms with Crippen molar-refractivity contribution in [2.45, 2.75) is 11.8 Å². The Kier molecular flexibility index (Phi) is 3.68. The topological polar surface area (TPSA) is 109 Å². The lowest BCUT2D eigenvalue weighted by Crippen LogP contribution is -2.16. The Morgan fingerprint density at radius 2 is 2.15 bits per heavy atom. The van der Waals surface area contributed by atoms with Crippen LogP contribution in [-0.2, 0) is 10.0 Å². The number of rotatable bonds is 4. The van der Waals surface area contributed by atoms with Gasteiger partial charge in [0.2, 0.25) is 5.13 Å². The molecule has 0 aliphatic heterocycles. The van der Waals surface area contributed by atoms with Crippen LogP contribution in [0.5, 0.6) is 0 Å². The van der Waals surface area contributed by atoms with Gasteiger partial charge < -0.3 is 5.11 Å². The number of sulfonamides is 1. The third-order valence-electron chi connectivity index (χ3n) is 2.41. The van der Waals surface area contributed by atoms with Crippen LogP contribution in [0.1, 0.15) is 15.9 Å². The van der Waals surface area contributed by atoms with E-state index in [9.17, 15) is 17.6 Å². The molecule has 2 N–H and O–H groups in total. The molecule has 7 nitrogen and oxygen atoms in total. The molecule has 106 valence electrons. The summed E-state index contributed by atoms with van der Waals surface area (Å²) in [5, 5.41) is 15.8. The highest BCUT2D eigenvalue weighted by atomic mass is 32.2. The average Bonchev–Trinajstić information content (AvgIpc) is 2.83. The largest absolute Gasteiger partial charge is 0.478 e. The second-order valence-electron chi connectivity index (χ2n) is 3.74. The van der Waals surface area contributed by atoms with Gasteiger partial charge in [0.05, 0.1) is 10.5 Å². The molecular formula is C10H8FN3O4S2. The van der Waals surface area contributed by atoms with Crippen molar-refractivity contribution < 1.29 is 22.7 Å². The number of aromatic nitrogens is 2. The van der Waals surface area contributed by atoms with E-state index < -0.39 is 32.3 Å². The standard InChI is InChI=1S/C10H8FN3O4S2/c1-5-7(11)2-6(9(15)16)3-8(5)20(17,18)14-10-13-12-4-19-10/h2-4H,1H3,(H,13,14)(H,15,16). The van der Waals surface area contributed by atoms with Gasteiger partial charge in [-0.05, 0) is 19.1 Å². The van der Waals surface area contributed by atoms with E-state index in [1.54, 1.807) is 0 Å². The number of halogens is 1. The predicted molar refractivity (Wildman–Crippen MR) is 68.8 cm³/mol. The summed E-state index contributed by atoms with van der Waals surface area (Å²) in [5.74, 6) is -2.33. The molecule has 10 heteroatoms. The van der Waals surface area contributed by atoms with Crippen molar-refractivity contribution in [1.82, 2.24) is 10.2 Å². The van der Waals surface area contributed by atoms with Gasteiger partial charge in [0.1, 0.15) is 11.3 Å². The molecule has 0 saturated carbocycles. The van der Waals surface area contributed by atoms with Gasteiger partial charge in [-0.1, -0.05) is 11.3 Å². The molecular weight excluding hydrogens is 309 g/mol. The van der Waals surface area contributed by atoms with E-state index in [1.807, 2.05) is 0 Å². The molecule has 1 aromatic heterocycles. The second-order valence-corrected chi connectivity index (χ2v) is 6.22. The Labute approximate surface area is 117 Å². The number of anilines is 1. The Morgan fingerprint density at radius 3 is 2.70 bits per heavy atom. The maximum Gasteiger partial charge on any atom is 0.335 e. The van der Waals surface area contributed by atoms with Gasteiger partial charge in [0.15, 0.2) is 0 Å². The van der Waals surface area contributed by atoms with Gasteiger partial charge in [0.25, 0.3) is 10.0 Å². The summed E-state index contributed by atoms with van der Waals surface area (Å²) in [6.07, 6.45) is 0. The maximum absolute atomic E-state index is 13.6. The Bertz CT molecular complexity index is 759. The quantitative estimate of drug-likeness (QED) is 0.884. The van der Waals surface area contributed by atoms with Crippen molar-refractivity contribution in [2.75, 3.05) is 4.72 Å². The van der Waals surface area contributed by atoms with Crippen LogP contribution in [0.4, 0.5) is 9.52 Å². The van der Waals surface area contributed by atoms with Crippen LogP contribution in [-0.4, -0.2) is 29.7 Å². The van der Waals surface area contributed by atoms with E-state index >= 15 is 0 Å². The zero-order valence-corrected chi connectivity index (χ0v) is 11.6. The zero-order chi connectivity index (χ0) is 14.9. The predicted octanol–water partition coefficient (Wildman–Crippen LogP) is 1.48. The minimum atomic E-state index is -4.14. The fourth-order valence-corrected chi connectivity index (χ4v) is 3.42. The average molecular weight is 317 g/mol. The maximum atomic E-state index is 13.6. The minimum absolute atomic E-state index is 0.00513. The summed E-state index contributed by atoms with van der Waals surface area (Å²) in [7, 11) is -4.14. The number of nitrogens with zero attached hydrogens (tertiary/aromatic N) is 2. The molecule has 0 radical (unpaired) electrons. The van der Waals surface area contributed by atoms with E-state index in [2.05, 4.69) is 14.9 Å². The SMILES string of the molecule is Cc1c(F)cc(C(=O)O)cc1S(=O)(=O)Nc1nncs1. The van der Waals surface area contributed by atoms with Gasteiger partial charge in [-0.2, -0.15) is 0 Å². The number of nitrogens with one attached hydrogen (secondary N) is 1. The number of hydrogen-bond acceptors (Lipinski definition) is 6. The molecule has 1 aromatic carbocycles. The highest BCUT2D eigenvalue weighted by molar-refractivity contribution is 7.93. The van der Waals surface area contributed by atoms with Crippen molar-refractivity contribution in [3.63, 3.8) is 0 Å². The molecule has 0 unspecified atom stereocenters. The Hall–Kier alpha value is -2.07.